The number of carbonyl (C=O) groups excluding carboxylic acids is 6. The molecule has 0 saturated heterocycles. The molecule has 3 rings (SSSR count). The average molecular weight is 597 g/mol. The van der Waals surface area contributed by atoms with Crippen LogP contribution in [0.15, 0.2) is 54.1 Å². The van der Waals surface area contributed by atoms with Gasteiger partial charge in [-0.1, -0.05) is 50.3 Å². The van der Waals surface area contributed by atoms with E-state index in [0.717, 1.165) is 13.8 Å². The highest BCUT2D eigenvalue weighted by Gasteiger charge is 2.61. The number of hydrogen-bond acceptors (Lipinski definition) is 10. The van der Waals surface area contributed by atoms with Gasteiger partial charge in [-0.15, -0.1) is 0 Å². The van der Waals surface area contributed by atoms with E-state index in [0.29, 0.717) is 0 Å². The third-order valence-corrected chi connectivity index (χ3v) is 7.93. The molecule has 0 bridgehead atoms. The van der Waals surface area contributed by atoms with Crippen molar-refractivity contribution in [3.63, 3.8) is 0 Å². The molecule has 0 radical (unpaired) electrons. The molecule has 43 heavy (non-hydrogen) atoms. The van der Waals surface area contributed by atoms with Crippen LogP contribution in [0.4, 0.5) is 0 Å². The topological polar surface area (TPSA) is 139 Å². The smallest absolute Gasteiger partial charge is 0.338 e. The molecule has 0 aromatic heterocycles. The molecule has 2 aliphatic rings. The van der Waals surface area contributed by atoms with Gasteiger partial charge in [0.05, 0.1) is 11.5 Å². The maximum atomic E-state index is 14.3. The van der Waals surface area contributed by atoms with E-state index in [2.05, 4.69) is 0 Å². The summed E-state index contributed by atoms with van der Waals surface area (Å²) < 4.78 is 22.9. The molecule has 1 aromatic rings. The number of Topliss-reactive ketones (excluding diaryl/α,β-unsaturated/α-hetero) is 2. The minimum Gasteiger partial charge on any atom is -0.458 e. The van der Waals surface area contributed by atoms with Crippen LogP contribution in [0.5, 0.6) is 0 Å². The fourth-order valence-corrected chi connectivity index (χ4v) is 5.90. The number of ether oxygens (including phenoxy) is 4. The lowest BCUT2D eigenvalue weighted by molar-refractivity contribution is -0.171. The first-order valence-electron chi connectivity index (χ1n) is 14.3. The number of allylic oxidation sites excluding steroid dienone is 2. The molecular formula is C33H40O10. The minimum absolute atomic E-state index is 0.0404. The molecule has 0 aliphatic heterocycles. The lowest BCUT2D eigenvalue weighted by Crippen LogP contribution is -2.51. The van der Waals surface area contributed by atoms with Crippen LogP contribution in [-0.4, -0.2) is 59.4 Å². The van der Waals surface area contributed by atoms with E-state index in [1.165, 1.54) is 19.1 Å². The minimum atomic E-state index is -1.76. The summed E-state index contributed by atoms with van der Waals surface area (Å²) in [4.78, 5) is 78.3. The largest absolute Gasteiger partial charge is 0.458 e. The van der Waals surface area contributed by atoms with E-state index >= 15 is 0 Å². The Morgan fingerprint density at radius 3 is 1.95 bits per heavy atom. The van der Waals surface area contributed by atoms with Gasteiger partial charge in [0.2, 0.25) is 6.10 Å². The SMILES string of the molecule is CC(=O)O[C@@H]1C(=O)C(C)(C)/C=C/[C@@H](C)C(=O)[C@@]2(OC(C)=O)C[C@@H](C)[C@H](OC(=O)c3ccccc3)[C@@H]2/C=C(\C)[C@@H]1OC(C)=O. The van der Waals surface area contributed by atoms with Crippen LogP contribution in [0, 0.1) is 23.2 Å². The Labute approximate surface area is 251 Å². The molecule has 10 heteroatoms. The van der Waals surface area contributed by atoms with Gasteiger partial charge in [0, 0.05) is 38.5 Å². The molecule has 0 N–H and O–H groups in total. The summed E-state index contributed by atoms with van der Waals surface area (Å²) in [6, 6.07) is 8.31. The van der Waals surface area contributed by atoms with Gasteiger partial charge in [0.25, 0.3) is 0 Å². The molecule has 10 nitrogen and oxygen atoms in total. The number of rotatable bonds is 5. The fraction of sp³-hybridized carbons (Fsp3) is 0.515. The molecule has 7 atom stereocenters. The van der Waals surface area contributed by atoms with Crippen LogP contribution in [0.1, 0.15) is 72.2 Å². The summed E-state index contributed by atoms with van der Waals surface area (Å²) in [6.07, 6.45) is 0.776. The van der Waals surface area contributed by atoms with Crippen molar-refractivity contribution in [1.29, 1.82) is 0 Å². The van der Waals surface area contributed by atoms with Crippen LogP contribution in [-0.2, 0) is 42.9 Å². The van der Waals surface area contributed by atoms with Crippen LogP contribution in [0.2, 0.25) is 0 Å². The van der Waals surface area contributed by atoms with Gasteiger partial charge in [-0.3, -0.25) is 24.0 Å². The standard InChI is InChI=1S/C33H40O10/c1-18-14-15-32(7,8)30(38)28(41-22(5)35)27(40-21(4)34)19(2)16-25-26(42-31(39)24-12-10-9-11-13-24)20(3)17-33(25,29(18)37)43-23(6)36/h9-16,18,20,25-28H,17H2,1-8H3/b15-14+,19-16+/t18-,20-,25+,26+,27+,28+,33-/m1/s1. The Hall–Kier alpha value is -4.08. The van der Waals surface area contributed by atoms with Crippen molar-refractivity contribution in [2.75, 3.05) is 0 Å². The summed E-state index contributed by atoms with van der Waals surface area (Å²) in [5, 5.41) is 0. The summed E-state index contributed by atoms with van der Waals surface area (Å²) in [5.41, 5.74) is -2.48. The van der Waals surface area contributed by atoms with Crippen LogP contribution in [0.3, 0.4) is 0 Å². The molecule has 1 saturated carbocycles. The summed E-state index contributed by atoms with van der Waals surface area (Å²) in [5.74, 6) is -6.18. The quantitative estimate of drug-likeness (QED) is 0.274. The van der Waals surface area contributed by atoms with Crippen molar-refractivity contribution < 1.29 is 47.7 Å². The second-order valence-electron chi connectivity index (χ2n) is 12.0. The maximum absolute atomic E-state index is 14.3. The summed E-state index contributed by atoms with van der Waals surface area (Å²) in [6.45, 7) is 11.6. The Balaban J connectivity index is 2.31. The molecular weight excluding hydrogens is 556 g/mol. The lowest BCUT2D eigenvalue weighted by Gasteiger charge is -2.37. The van der Waals surface area contributed by atoms with Crippen LogP contribution >= 0.6 is 0 Å². The Morgan fingerprint density at radius 1 is 0.814 bits per heavy atom. The van der Waals surface area contributed by atoms with E-state index in [1.54, 1.807) is 71.0 Å². The predicted molar refractivity (Wildman–Crippen MR) is 154 cm³/mol. The lowest BCUT2D eigenvalue weighted by atomic mass is 9.76. The van der Waals surface area contributed by atoms with Crippen LogP contribution in [0.25, 0.3) is 0 Å². The second-order valence-corrected chi connectivity index (χ2v) is 12.0. The monoisotopic (exact) mass is 596 g/mol. The van der Waals surface area contributed by atoms with E-state index in [9.17, 15) is 28.8 Å². The van der Waals surface area contributed by atoms with Crippen molar-refractivity contribution in [2.45, 2.75) is 85.7 Å². The fourth-order valence-electron chi connectivity index (χ4n) is 5.90. The molecule has 2 aliphatic carbocycles. The second kappa shape index (κ2) is 13.1. The molecule has 0 heterocycles. The van der Waals surface area contributed by atoms with Gasteiger partial charge in [-0.25, -0.2) is 4.79 Å². The number of ketones is 2. The first-order chi connectivity index (χ1) is 20.0. The zero-order chi connectivity index (χ0) is 32.3. The molecule has 1 aromatic carbocycles. The summed E-state index contributed by atoms with van der Waals surface area (Å²) in [7, 11) is 0. The average Bonchev–Trinajstić information content (AvgIpc) is 3.17. The normalized spacial score (nSPS) is 32.5. The van der Waals surface area contributed by atoms with Crippen molar-refractivity contribution in [3.8, 4) is 0 Å². The van der Waals surface area contributed by atoms with E-state index in [4.69, 9.17) is 18.9 Å². The molecule has 0 unspecified atom stereocenters. The van der Waals surface area contributed by atoms with Gasteiger partial charge >= 0.3 is 23.9 Å². The Bertz CT molecular complexity index is 1340. The highest BCUT2D eigenvalue weighted by atomic mass is 16.6. The number of benzene rings is 1. The molecule has 0 spiro atoms. The number of fused-ring (bicyclic) bond motifs is 1. The maximum Gasteiger partial charge on any atom is 0.338 e. The Kier molecular flexibility index (Phi) is 10.1. The summed E-state index contributed by atoms with van der Waals surface area (Å²) >= 11 is 0. The zero-order valence-electron chi connectivity index (χ0n) is 25.9. The first-order valence-corrected chi connectivity index (χ1v) is 14.3. The van der Waals surface area contributed by atoms with E-state index in [1.807, 2.05) is 0 Å². The van der Waals surface area contributed by atoms with Crippen molar-refractivity contribution in [3.05, 3.63) is 59.7 Å². The van der Waals surface area contributed by atoms with Crippen molar-refractivity contribution in [2.24, 2.45) is 23.2 Å². The third kappa shape index (κ3) is 7.29. The van der Waals surface area contributed by atoms with Crippen molar-refractivity contribution in [1.82, 2.24) is 0 Å². The highest BCUT2D eigenvalue weighted by molar-refractivity contribution is 5.95. The van der Waals surface area contributed by atoms with Gasteiger partial charge in [0.1, 0.15) is 6.10 Å². The zero-order valence-corrected chi connectivity index (χ0v) is 25.9. The van der Waals surface area contributed by atoms with Gasteiger partial charge in [0.15, 0.2) is 23.3 Å². The molecule has 0 amide bonds. The number of hydrogen-bond donors (Lipinski definition) is 0. The van der Waals surface area contributed by atoms with Crippen LogP contribution < -0.4 is 0 Å². The molecule has 1 fully saturated rings. The van der Waals surface area contributed by atoms with E-state index in [-0.39, 0.29) is 17.6 Å². The van der Waals surface area contributed by atoms with Gasteiger partial charge in [-0.05, 0) is 44.4 Å². The van der Waals surface area contributed by atoms with Gasteiger partial charge < -0.3 is 18.9 Å². The van der Waals surface area contributed by atoms with Gasteiger partial charge in [-0.2, -0.15) is 0 Å². The first kappa shape index (κ1) is 33.4. The predicted octanol–water partition coefficient (Wildman–Crippen LogP) is 4.35. The molecule has 232 valence electrons. The highest BCUT2D eigenvalue weighted by Crippen LogP contribution is 2.48. The number of esters is 4. The Morgan fingerprint density at radius 2 is 1.40 bits per heavy atom. The third-order valence-electron chi connectivity index (χ3n) is 7.93. The van der Waals surface area contributed by atoms with E-state index < -0.39 is 82.5 Å². The number of carbonyl (C=O) groups is 6. The van der Waals surface area contributed by atoms with Crippen molar-refractivity contribution >= 4 is 35.4 Å².